The lowest BCUT2D eigenvalue weighted by atomic mass is 10.1. The van der Waals surface area contributed by atoms with E-state index in [4.69, 9.17) is 0 Å². The Kier molecular flexibility index (Phi) is 4.34. The van der Waals surface area contributed by atoms with Crippen molar-refractivity contribution in [2.24, 2.45) is 5.92 Å². The molecule has 24 heavy (non-hydrogen) atoms. The molecule has 1 fully saturated rings. The van der Waals surface area contributed by atoms with Crippen LogP contribution in [0.25, 0.3) is 5.65 Å². The molecule has 0 radical (unpaired) electrons. The topological polar surface area (TPSA) is 80.3 Å². The summed E-state index contributed by atoms with van der Waals surface area (Å²) in [6.45, 7) is 1.55. The second kappa shape index (κ2) is 6.62. The van der Waals surface area contributed by atoms with Gasteiger partial charge >= 0.3 is 0 Å². The largest absolute Gasteiger partial charge is 0.391 e. The third kappa shape index (κ3) is 3.22. The Morgan fingerprint density at radius 2 is 2.25 bits per heavy atom. The number of fused-ring (bicyclic) bond motifs is 1. The number of hydrogen-bond acceptors (Lipinski definition) is 5. The Hall–Kier alpha value is -1.77. The molecule has 1 aliphatic rings. The maximum atomic E-state index is 10.3. The van der Waals surface area contributed by atoms with Crippen LogP contribution in [0.5, 0.6) is 0 Å². The lowest BCUT2D eigenvalue weighted by Crippen LogP contribution is -2.35. The number of aromatic nitrogens is 5. The molecule has 3 aromatic heterocycles. The lowest BCUT2D eigenvalue weighted by Gasteiger charge is -2.15. The minimum absolute atomic E-state index is 0.101. The van der Waals surface area contributed by atoms with Crippen LogP contribution < -0.4 is 5.32 Å². The summed E-state index contributed by atoms with van der Waals surface area (Å²) >= 11 is 3.39. The average Bonchev–Trinajstić information content (AvgIpc) is 3.27. The molecule has 0 aliphatic heterocycles. The fraction of sp³-hybridized carbons (Fsp3) is 0.438. The first-order valence-corrected chi connectivity index (χ1v) is 8.83. The minimum Gasteiger partial charge on any atom is -0.391 e. The molecule has 3 atom stereocenters. The van der Waals surface area contributed by atoms with Gasteiger partial charge in [-0.05, 0) is 34.7 Å². The highest BCUT2D eigenvalue weighted by molar-refractivity contribution is 9.10. The van der Waals surface area contributed by atoms with Crippen LogP contribution in [-0.2, 0) is 13.1 Å². The van der Waals surface area contributed by atoms with Crippen molar-refractivity contribution < 1.29 is 5.11 Å². The molecular formula is C16H19BrN6O. The number of aliphatic hydroxyl groups excluding tert-OH is 1. The summed E-state index contributed by atoms with van der Waals surface area (Å²) in [5, 5.41) is 18.1. The summed E-state index contributed by atoms with van der Waals surface area (Å²) in [4.78, 5) is 8.48. The van der Waals surface area contributed by atoms with E-state index in [9.17, 15) is 5.11 Å². The molecular weight excluding hydrogens is 372 g/mol. The highest BCUT2D eigenvalue weighted by Crippen LogP contribution is 2.28. The molecule has 1 saturated carbocycles. The van der Waals surface area contributed by atoms with Crippen LogP contribution in [0.2, 0.25) is 0 Å². The van der Waals surface area contributed by atoms with Crippen molar-refractivity contribution in [2.45, 2.75) is 38.1 Å². The second-order valence-electron chi connectivity index (χ2n) is 6.36. The van der Waals surface area contributed by atoms with Gasteiger partial charge in [0.25, 0.3) is 0 Å². The Balaban J connectivity index is 1.38. The van der Waals surface area contributed by atoms with Crippen molar-refractivity contribution >= 4 is 21.6 Å². The SMILES string of the molecule is O[C@@H]1CC(Cn2ccnc2)C[C@H]1NCc1cnn2cc(Br)cnc12. The van der Waals surface area contributed by atoms with Crippen molar-refractivity contribution in [1.29, 1.82) is 0 Å². The van der Waals surface area contributed by atoms with E-state index in [1.165, 1.54) is 0 Å². The summed E-state index contributed by atoms with van der Waals surface area (Å²) in [5.41, 5.74) is 1.88. The van der Waals surface area contributed by atoms with Crippen molar-refractivity contribution in [3.63, 3.8) is 0 Å². The lowest BCUT2D eigenvalue weighted by molar-refractivity contribution is 0.145. The molecule has 1 aliphatic carbocycles. The number of imidazole rings is 1. The van der Waals surface area contributed by atoms with E-state index in [-0.39, 0.29) is 12.1 Å². The smallest absolute Gasteiger partial charge is 0.159 e. The average molecular weight is 391 g/mol. The van der Waals surface area contributed by atoms with E-state index < -0.39 is 0 Å². The van der Waals surface area contributed by atoms with Crippen LogP contribution in [0, 0.1) is 5.92 Å². The van der Waals surface area contributed by atoms with Crippen LogP contribution in [0.1, 0.15) is 18.4 Å². The fourth-order valence-electron chi connectivity index (χ4n) is 3.45. The molecule has 3 heterocycles. The van der Waals surface area contributed by atoms with Gasteiger partial charge in [-0.15, -0.1) is 0 Å². The van der Waals surface area contributed by atoms with Gasteiger partial charge in [-0.1, -0.05) is 0 Å². The normalized spacial score (nSPS) is 24.0. The Bertz CT molecular complexity index is 817. The van der Waals surface area contributed by atoms with Crippen molar-refractivity contribution in [3.05, 3.63) is 47.3 Å². The summed E-state index contributed by atoms with van der Waals surface area (Å²) in [6.07, 6.45) is 12.5. The molecule has 4 rings (SSSR count). The number of hydrogen-bond donors (Lipinski definition) is 2. The molecule has 8 heteroatoms. The van der Waals surface area contributed by atoms with Crippen LogP contribution in [0.15, 0.2) is 41.8 Å². The maximum absolute atomic E-state index is 10.3. The van der Waals surface area contributed by atoms with Gasteiger partial charge in [0.2, 0.25) is 0 Å². The first-order chi connectivity index (χ1) is 11.7. The number of halogens is 1. The molecule has 0 amide bonds. The quantitative estimate of drug-likeness (QED) is 0.691. The van der Waals surface area contributed by atoms with E-state index in [1.54, 1.807) is 16.9 Å². The van der Waals surface area contributed by atoms with Crippen molar-refractivity contribution in [1.82, 2.24) is 29.5 Å². The third-order valence-electron chi connectivity index (χ3n) is 4.61. The highest BCUT2D eigenvalue weighted by atomic mass is 79.9. The first-order valence-electron chi connectivity index (χ1n) is 8.04. The van der Waals surface area contributed by atoms with Gasteiger partial charge < -0.3 is 15.0 Å². The Morgan fingerprint density at radius 1 is 1.33 bits per heavy atom. The van der Waals surface area contributed by atoms with E-state index in [0.717, 1.165) is 35.1 Å². The molecule has 126 valence electrons. The molecule has 0 saturated heterocycles. The predicted molar refractivity (Wildman–Crippen MR) is 92.3 cm³/mol. The fourth-order valence-corrected chi connectivity index (χ4v) is 3.74. The predicted octanol–water partition coefficient (Wildman–Crippen LogP) is 1.62. The van der Waals surface area contributed by atoms with Gasteiger partial charge in [-0.25, -0.2) is 14.5 Å². The molecule has 0 aromatic carbocycles. The molecule has 7 nitrogen and oxygen atoms in total. The van der Waals surface area contributed by atoms with Crippen LogP contribution in [-0.4, -0.2) is 41.4 Å². The van der Waals surface area contributed by atoms with Crippen molar-refractivity contribution in [2.75, 3.05) is 0 Å². The molecule has 1 unspecified atom stereocenters. The van der Waals surface area contributed by atoms with Gasteiger partial charge in [0.1, 0.15) is 0 Å². The second-order valence-corrected chi connectivity index (χ2v) is 7.28. The van der Waals surface area contributed by atoms with Gasteiger partial charge in [-0.2, -0.15) is 5.10 Å². The Morgan fingerprint density at radius 3 is 3.08 bits per heavy atom. The van der Waals surface area contributed by atoms with Gasteiger partial charge in [0.05, 0.1) is 23.1 Å². The summed E-state index contributed by atoms with van der Waals surface area (Å²) in [5.74, 6) is 0.463. The van der Waals surface area contributed by atoms with E-state index in [0.29, 0.717) is 12.5 Å². The van der Waals surface area contributed by atoms with Crippen LogP contribution in [0.3, 0.4) is 0 Å². The summed E-state index contributed by atoms with van der Waals surface area (Å²) in [7, 11) is 0. The third-order valence-corrected chi connectivity index (χ3v) is 5.02. The Labute approximate surface area is 147 Å². The minimum atomic E-state index is -0.317. The highest BCUT2D eigenvalue weighted by Gasteiger charge is 2.32. The zero-order valence-corrected chi connectivity index (χ0v) is 14.7. The maximum Gasteiger partial charge on any atom is 0.159 e. The number of nitrogens with one attached hydrogen (secondary N) is 1. The molecule has 0 spiro atoms. The van der Waals surface area contributed by atoms with Gasteiger partial charge in [0, 0.05) is 49.5 Å². The monoisotopic (exact) mass is 390 g/mol. The standard InChI is InChI=1S/C16H19BrN6O/c17-13-7-20-16-12(6-21-23(16)9-13)5-19-14-3-11(4-15(14)24)8-22-2-1-18-10-22/h1-2,6-7,9-11,14-15,19,24H,3-5,8H2/t11?,14-,15-/m1/s1. The van der Waals surface area contributed by atoms with Crippen molar-refractivity contribution in [3.8, 4) is 0 Å². The van der Waals surface area contributed by atoms with Gasteiger partial charge in [0.15, 0.2) is 5.65 Å². The molecule has 2 N–H and O–H groups in total. The number of nitrogens with zero attached hydrogens (tertiary/aromatic N) is 5. The first kappa shape index (κ1) is 15.7. The van der Waals surface area contributed by atoms with E-state index in [2.05, 4.69) is 40.9 Å². The van der Waals surface area contributed by atoms with Crippen LogP contribution >= 0.6 is 15.9 Å². The van der Waals surface area contributed by atoms with Gasteiger partial charge in [-0.3, -0.25) is 0 Å². The number of aliphatic hydroxyl groups is 1. The zero-order chi connectivity index (χ0) is 16.5. The number of rotatable bonds is 5. The molecule has 3 aromatic rings. The molecule has 0 bridgehead atoms. The van der Waals surface area contributed by atoms with Crippen LogP contribution in [0.4, 0.5) is 0 Å². The van der Waals surface area contributed by atoms with E-state index in [1.807, 2.05) is 24.9 Å². The van der Waals surface area contributed by atoms with E-state index >= 15 is 0 Å². The summed E-state index contributed by atoms with van der Waals surface area (Å²) < 4.78 is 4.73. The summed E-state index contributed by atoms with van der Waals surface area (Å²) in [6, 6.07) is 0.101. The zero-order valence-electron chi connectivity index (χ0n) is 13.1.